The largest absolute Gasteiger partial charge is 0.326 e. The Morgan fingerprint density at radius 1 is 1.44 bits per heavy atom. The van der Waals surface area contributed by atoms with Crippen LogP contribution < -0.4 is 5.73 Å². The van der Waals surface area contributed by atoms with Gasteiger partial charge in [-0.05, 0) is 12.1 Å². The highest BCUT2D eigenvalue weighted by Crippen LogP contribution is 2.23. The molecule has 7 heteroatoms. The molecule has 0 aliphatic rings. The molecule has 5 nitrogen and oxygen atoms in total. The molecule has 1 aromatic heterocycles. The van der Waals surface area contributed by atoms with E-state index < -0.39 is 9.84 Å². The molecule has 0 amide bonds. The van der Waals surface area contributed by atoms with Crippen molar-refractivity contribution in [3.8, 4) is 5.69 Å². The normalized spacial score (nSPS) is 11.7. The van der Waals surface area contributed by atoms with Crippen LogP contribution in [0, 0.1) is 0 Å². The minimum atomic E-state index is -3.25. The maximum Gasteiger partial charge on any atom is 0.178 e. The summed E-state index contributed by atoms with van der Waals surface area (Å²) in [4.78, 5) is 0.186. The van der Waals surface area contributed by atoms with Gasteiger partial charge in [0.1, 0.15) is 4.90 Å². The number of halogens is 1. The fraction of sp³-hybridized carbons (Fsp3) is 0.182. The Kier molecular flexibility index (Phi) is 3.56. The summed E-state index contributed by atoms with van der Waals surface area (Å²) in [7, 11) is -3.25. The second kappa shape index (κ2) is 4.83. The number of hydrogen-bond donors (Lipinski definition) is 1. The molecule has 0 aliphatic carbocycles. The van der Waals surface area contributed by atoms with Crippen molar-refractivity contribution in [2.45, 2.75) is 11.4 Å². The van der Waals surface area contributed by atoms with Gasteiger partial charge in [-0.25, -0.2) is 13.1 Å². The quantitative estimate of drug-likeness (QED) is 0.925. The predicted molar refractivity (Wildman–Crippen MR) is 72.3 cm³/mol. The Morgan fingerprint density at radius 3 is 2.72 bits per heavy atom. The van der Waals surface area contributed by atoms with E-state index in [1.165, 1.54) is 17.1 Å². The third-order valence-electron chi connectivity index (χ3n) is 2.53. The number of rotatable bonds is 3. The Hall–Kier alpha value is -1.18. The molecular formula is C11H12BrN3O2S. The first kappa shape index (κ1) is 13.3. The molecule has 0 saturated carbocycles. The maximum atomic E-state index is 11.4. The second-order valence-electron chi connectivity index (χ2n) is 3.83. The van der Waals surface area contributed by atoms with Crippen LogP contribution in [0.1, 0.15) is 5.56 Å². The van der Waals surface area contributed by atoms with Gasteiger partial charge in [0.05, 0.1) is 11.9 Å². The van der Waals surface area contributed by atoms with Gasteiger partial charge in [0.2, 0.25) is 0 Å². The number of hydrogen-bond acceptors (Lipinski definition) is 4. The van der Waals surface area contributed by atoms with E-state index in [-0.39, 0.29) is 4.90 Å². The Labute approximate surface area is 114 Å². The lowest BCUT2D eigenvalue weighted by molar-refractivity contribution is 0.602. The summed E-state index contributed by atoms with van der Waals surface area (Å²) in [5, 5.41) is 4.06. The van der Waals surface area contributed by atoms with E-state index in [9.17, 15) is 8.42 Å². The Bertz CT molecular complexity index is 679. The Balaban J connectivity index is 2.57. The number of sulfone groups is 1. The van der Waals surface area contributed by atoms with Crippen molar-refractivity contribution in [2.24, 2.45) is 5.73 Å². The lowest BCUT2D eigenvalue weighted by Gasteiger charge is -2.09. The van der Waals surface area contributed by atoms with Crippen molar-refractivity contribution in [1.82, 2.24) is 9.78 Å². The molecule has 2 aromatic rings. The molecule has 96 valence electrons. The van der Waals surface area contributed by atoms with Gasteiger partial charge in [-0.1, -0.05) is 22.0 Å². The summed E-state index contributed by atoms with van der Waals surface area (Å²) in [6, 6.07) is 5.57. The highest BCUT2D eigenvalue weighted by atomic mass is 79.9. The number of benzene rings is 1. The average Bonchev–Trinajstić information content (AvgIpc) is 2.77. The van der Waals surface area contributed by atoms with Gasteiger partial charge in [0.15, 0.2) is 9.84 Å². The van der Waals surface area contributed by atoms with Crippen molar-refractivity contribution in [3.63, 3.8) is 0 Å². The van der Waals surface area contributed by atoms with Crippen LogP contribution in [0.5, 0.6) is 0 Å². The molecule has 0 bridgehead atoms. The van der Waals surface area contributed by atoms with E-state index in [2.05, 4.69) is 21.0 Å². The summed E-state index contributed by atoms with van der Waals surface area (Å²) >= 11 is 3.41. The van der Waals surface area contributed by atoms with Crippen LogP contribution in [0.3, 0.4) is 0 Å². The molecule has 18 heavy (non-hydrogen) atoms. The SMILES string of the molecule is CS(=O)(=O)c1cnn(-c2cccc(Br)c2CN)c1. The summed E-state index contributed by atoms with van der Waals surface area (Å²) in [6.45, 7) is 0.338. The van der Waals surface area contributed by atoms with E-state index in [1.54, 1.807) is 0 Å². The molecule has 2 N–H and O–H groups in total. The van der Waals surface area contributed by atoms with Crippen LogP contribution in [-0.4, -0.2) is 24.5 Å². The van der Waals surface area contributed by atoms with Gasteiger partial charge in [0.25, 0.3) is 0 Å². The number of nitrogens with two attached hydrogens (primary N) is 1. The summed E-state index contributed by atoms with van der Waals surface area (Å²) in [5.74, 6) is 0. The first-order chi connectivity index (χ1) is 8.43. The van der Waals surface area contributed by atoms with Crippen LogP contribution in [0.4, 0.5) is 0 Å². The molecule has 1 aromatic carbocycles. The van der Waals surface area contributed by atoms with Crippen molar-refractivity contribution in [1.29, 1.82) is 0 Å². The van der Waals surface area contributed by atoms with Gasteiger partial charge in [-0.2, -0.15) is 5.10 Å². The van der Waals surface area contributed by atoms with E-state index >= 15 is 0 Å². The lowest BCUT2D eigenvalue weighted by Crippen LogP contribution is -2.05. The number of aromatic nitrogens is 2. The van der Waals surface area contributed by atoms with Crippen molar-refractivity contribution in [2.75, 3.05) is 6.26 Å². The monoisotopic (exact) mass is 329 g/mol. The molecule has 2 rings (SSSR count). The second-order valence-corrected chi connectivity index (χ2v) is 6.70. The first-order valence-corrected chi connectivity index (χ1v) is 7.84. The van der Waals surface area contributed by atoms with Crippen molar-refractivity contribution >= 4 is 25.8 Å². The molecular weight excluding hydrogens is 318 g/mol. The minimum absolute atomic E-state index is 0.186. The molecule has 0 saturated heterocycles. The van der Waals surface area contributed by atoms with Gasteiger partial charge in [-0.3, -0.25) is 0 Å². The zero-order chi connectivity index (χ0) is 13.3. The molecule has 0 atom stereocenters. The maximum absolute atomic E-state index is 11.4. The summed E-state index contributed by atoms with van der Waals surface area (Å²) in [5.41, 5.74) is 7.33. The van der Waals surface area contributed by atoms with Crippen LogP contribution in [0.2, 0.25) is 0 Å². The van der Waals surface area contributed by atoms with E-state index in [0.29, 0.717) is 6.54 Å². The summed E-state index contributed by atoms with van der Waals surface area (Å²) < 4.78 is 25.2. The minimum Gasteiger partial charge on any atom is -0.326 e. The molecule has 0 aliphatic heterocycles. The lowest BCUT2D eigenvalue weighted by atomic mass is 10.2. The van der Waals surface area contributed by atoms with E-state index in [0.717, 1.165) is 22.0 Å². The van der Waals surface area contributed by atoms with E-state index in [4.69, 9.17) is 5.73 Å². The van der Waals surface area contributed by atoms with Gasteiger partial charge >= 0.3 is 0 Å². The zero-order valence-corrected chi connectivity index (χ0v) is 12.1. The fourth-order valence-electron chi connectivity index (χ4n) is 1.59. The van der Waals surface area contributed by atoms with Crippen molar-refractivity contribution < 1.29 is 8.42 Å². The van der Waals surface area contributed by atoms with Gasteiger partial charge in [-0.15, -0.1) is 0 Å². The van der Waals surface area contributed by atoms with Crippen LogP contribution in [0.15, 0.2) is 40.0 Å². The predicted octanol–water partition coefficient (Wildman–Crippen LogP) is 1.50. The molecule has 0 fully saturated rings. The molecule has 0 unspecified atom stereocenters. The molecule has 0 radical (unpaired) electrons. The highest BCUT2D eigenvalue weighted by Gasteiger charge is 2.13. The smallest absolute Gasteiger partial charge is 0.178 e. The first-order valence-electron chi connectivity index (χ1n) is 5.16. The third kappa shape index (κ3) is 2.47. The fourth-order valence-corrected chi connectivity index (χ4v) is 2.64. The van der Waals surface area contributed by atoms with Gasteiger partial charge in [0, 0.05) is 29.0 Å². The van der Waals surface area contributed by atoms with Crippen LogP contribution in [-0.2, 0) is 16.4 Å². The highest BCUT2D eigenvalue weighted by molar-refractivity contribution is 9.10. The molecule has 1 heterocycles. The summed E-state index contributed by atoms with van der Waals surface area (Å²) in [6.07, 6.45) is 3.96. The van der Waals surface area contributed by atoms with Crippen LogP contribution in [0.25, 0.3) is 5.69 Å². The standard InChI is InChI=1S/C11H12BrN3O2S/c1-18(16,17)8-6-14-15(7-8)11-4-2-3-10(12)9(11)5-13/h2-4,6-7H,5,13H2,1H3. The third-order valence-corrected chi connectivity index (χ3v) is 4.34. The number of nitrogens with zero attached hydrogens (tertiary/aromatic N) is 2. The van der Waals surface area contributed by atoms with Gasteiger partial charge < -0.3 is 5.73 Å². The molecule has 0 spiro atoms. The van der Waals surface area contributed by atoms with Crippen LogP contribution >= 0.6 is 15.9 Å². The topological polar surface area (TPSA) is 78.0 Å². The zero-order valence-electron chi connectivity index (χ0n) is 9.67. The van der Waals surface area contributed by atoms with Crippen molar-refractivity contribution in [3.05, 3.63) is 40.6 Å². The van der Waals surface area contributed by atoms with E-state index in [1.807, 2.05) is 18.2 Å². The average molecular weight is 330 g/mol. The Morgan fingerprint density at radius 2 is 2.17 bits per heavy atom.